The predicted molar refractivity (Wildman–Crippen MR) is 51.2 cm³/mol. The smallest absolute Gasteiger partial charge is 0.321 e. The molecule has 3 atom stereocenters. The Morgan fingerprint density at radius 2 is 2.29 bits per heavy atom. The van der Waals surface area contributed by atoms with E-state index in [2.05, 4.69) is 5.32 Å². The normalized spacial score (nSPS) is 37.1. The molecule has 0 aromatic carbocycles. The second-order valence-electron chi connectivity index (χ2n) is 4.21. The van der Waals surface area contributed by atoms with Crippen molar-refractivity contribution in [3.8, 4) is 0 Å². The molecule has 2 aliphatic heterocycles. The van der Waals surface area contributed by atoms with Crippen molar-refractivity contribution < 1.29 is 28.5 Å². The first-order valence-corrected chi connectivity index (χ1v) is 5.33. The van der Waals surface area contributed by atoms with Crippen LogP contribution in [0.3, 0.4) is 0 Å². The molecule has 2 heterocycles. The lowest BCUT2D eigenvalue weighted by molar-refractivity contribution is -0.145. The number of rotatable bonds is 2. The Morgan fingerprint density at radius 1 is 1.59 bits per heavy atom. The number of aliphatic hydroxyl groups is 2. The van der Waals surface area contributed by atoms with E-state index in [4.69, 9.17) is 14.9 Å². The van der Waals surface area contributed by atoms with Gasteiger partial charge >= 0.3 is 6.03 Å². The third-order valence-electron chi connectivity index (χ3n) is 2.86. The van der Waals surface area contributed by atoms with Gasteiger partial charge in [0.15, 0.2) is 6.23 Å². The summed E-state index contributed by atoms with van der Waals surface area (Å²) >= 11 is 0. The van der Waals surface area contributed by atoms with Gasteiger partial charge in [-0.05, 0) is 0 Å². The minimum atomic E-state index is -3.19. The minimum Gasteiger partial charge on any atom is -0.394 e. The fourth-order valence-electron chi connectivity index (χ4n) is 2.03. The van der Waals surface area contributed by atoms with Crippen LogP contribution in [0.1, 0.15) is 12.8 Å². The van der Waals surface area contributed by atoms with Gasteiger partial charge < -0.3 is 20.3 Å². The highest BCUT2D eigenvalue weighted by atomic mass is 19.3. The monoisotopic (exact) mass is 252 g/mol. The molecule has 0 aliphatic carbocycles. The maximum atomic E-state index is 13.6. The van der Waals surface area contributed by atoms with Crippen LogP contribution in [-0.2, 0) is 4.74 Å². The lowest BCUT2D eigenvalue weighted by Crippen LogP contribution is -2.58. The summed E-state index contributed by atoms with van der Waals surface area (Å²) in [6.45, 7) is -0.518. The average molecular weight is 252 g/mol. The molecule has 17 heavy (non-hydrogen) atoms. The van der Waals surface area contributed by atoms with Gasteiger partial charge in [0.05, 0.1) is 12.7 Å². The zero-order chi connectivity index (χ0) is 12.6. The number of nitrogens with zero attached hydrogens (tertiary/aromatic N) is 1. The fraction of sp³-hybridized carbons (Fsp3) is 0.889. The first-order chi connectivity index (χ1) is 7.94. The van der Waals surface area contributed by atoms with Crippen LogP contribution < -0.4 is 5.32 Å². The van der Waals surface area contributed by atoms with Gasteiger partial charge in [0.2, 0.25) is 0 Å². The van der Waals surface area contributed by atoms with Crippen molar-refractivity contribution in [3.63, 3.8) is 0 Å². The molecular formula is C9H14F2N2O4. The van der Waals surface area contributed by atoms with Crippen LogP contribution >= 0.6 is 0 Å². The van der Waals surface area contributed by atoms with Crippen LogP contribution in [0.15, 0.2) is 0 Å². The molecular weight excluding hydrogens is 238 g/mol. The molecule has 2 amide bonds. The molecule has 0 spiro atoms. The number of halogens is 2. The van der Waals surface area contributed by atoms with Crippen molar-refractivity contribution in [1.29, 1.82) is 0 Å². The Morgan fingerprint density at radius 3 is 2.82 bits per heavy atom. The van der Waals surface area contributed by atoms with Gasteiger partial charge in [-0.25, -0.2) is 13.6 Å². The molecule has 0 aromatic heterocycles. The first kappa shape index (κ1) is 12.5. The summed E-state index contributed by atoms with van der Waals surface area (Å²) in [6, 6.07) is -0.785. The van der Waals surface area contributed by atoms with Gasteiger partial charge in [0.25, 0.3) is 5.92 Å². The summed E-state index contributed by atoms with van der Waals surface area (Å²) in [6.07, 6.45) is -4.10. The van der Waals surface area contributed by atoms with Crippen molar-refractivity contribution in [2.45, 2.75) is 37.3 Å². The van der Waals surface area contributed by atoms with Crippen LogP contribution in [0.5, 0.6) is 0 Å². The molecule has 2 aliphatic rings. The molecule has 0 bridgehead atoms. The molecule has 0 aromatic rings. The molecule has 2 unspecified atom stereocenters. The van der Waals surface area contributed by atoms with Crippen LogP contribution in [0.2, 0.25) is 0 Å². The fourth-order valence-corrected chi connectivity index (χ4v) is 2.03. The van der Waals surface area contributed by atoms with Gasteiger partial charge in [0, 0.05) is 19.4 Å². The van der Waals surface area contributed by atoms with Gasteiger partial charge in [-0.2, -0.15) is 0 Å². The Kier molecular flexibility index (Phi) is 3.19. The summed E-state index contributed by atoms with van der Waals surface area (Å²) < 4.78 is 32.1. The summed E-state index contributed by atoms with van der Waals surface area (Å²) in [5.41, 5.74) is 0. The van der Waals surface area contributed by atoms with E-state index in [1.54, 1.807) is 0 Å². The molecule has 2 fully saturated rings. The van der Waals surface area contributed by atoms with E-state index in [1.165, 1.54) is 0 Å². The summed E-state index contributed by atoms with van der Waals surface area (Å²) in [7, 11) is 0. The van der Waals surface area contributed by atoms with Gasteiger partial charge in [-0.1, -0.05) is 0 Å². The van der Waals surface area contributed by atoms with Crippen LogP contribution in [0.25, 0.3) is 0 Å². The Labute approximate surface area is 96.2 Å². The lowest BCUT2D eigenvalue weighted by atomic mass is 10.1. The molecule has 8 heteroatoms. The van der Waals surface area contributed by atoms with E-state index in [1.807, 2.05) is 0 Å². The maximum absolute atomic E-state index is 13.6. The van der Waals surface area contributed by atoms with E-state index < -0.39 is 43.5 Å². The van der Waals surface area contributed by atoms with Crippen LogP contribution in [0, 0.1) is 0 Å². The first-order valence-electron chi connectivity index (χ1n) is 5.33. The third-order valence-corrected chi connectivity index (χ3v) is 2.86. The summed E-state index contributed by atoms with van der Waals surface area (Å²) in [5.74, 6) is -3.19. The number of amides is 2. The Hall–Kier alpha value is -0.990. The second-order valence-corrected chi connectivity index (χ2v) is 4.21. The predicted octanol–water partition coefficient (Wildman–Crippen LogP) is -0.537. The van der Waals surface area contributed by atoms with E-state index >= 15 is 0 Å². The third kappa shape index (κ3) is 2.33. The van der Waals surface area contributed by atoms with Crippen molar-refractivity contribution in [2.24, 2.45) is 0 Å². The highest BCUT2D eigenvalue weighted by Crippen LogP contribution is 2.38. The van der Waals surface area contributed by atoms with E-state index in [0.29, 0.717) is 0 Å². The second kappa shape index (κ2) is 4.35. The van der Waals surface area contributed by atoms with E-state index in [-0.39, 0.29) is 13.0 Å². The van der Waals surface area contributed by atoms with Crippen molar-refractivity contribution >= 4 is 6.03 Å². The SMILES string of the molecule is O=C1NC(O)CCN1C1O[C@H](CO)CC1(F)F. The van der Waals surface area contributed by atoms with Gasteiger partial charge in [-0.15, -0.1) is 0 Å². The molecule has 0 saturated carbocycles. The highest BCUT2D eigenvalue weighted by molar-refractivity contribution is 5.75. The van der Waals surface area contributed by atoms with Gasteiger partial charge in [0.1, 0.15) is 6.23 Å². The molecule has 2 saturated heterocycles. The highest BCUT2D eigenvalue weighted by Gasteiger charge is 2.54. The maximum Gasteiger partial charge on any atom is 0.321 e. The molecule has 2 rings (SSSR count). The quantitative estimate of drug-likeness (QED) is 0.616. The zero-order valence-corrected chi connectivity index (χ0v) is 8.97. The number of hydrogen-bond acceptors (Lipinski definition) is 4. The van der Waals surface area contributed by atoms with Crippen LogP contribution in [0.4, 0.5) is 13.6 Å². The van der Waals surface area contributed by atoms with Crippen molar-refractivity contribution in [1.82, 2.24) is 10.2 Å². The lowest BCUT2D eigenvalue weighted by Gasteiger charge is -2.36. The number of hydrogen-bond donors (Lipinski definition) is 3. The summed E-state index contributed by atoms with van der Waals surface area (Å²) in [4.78, 5) is 12.3. The molecule has 0 radical (unpaired) electrons. The van der Waals surface area contributed by atoms with E-state index in [9.17, 15) is 13.6 Å². The standard InChI is InChI=1S/C9H14F2N2O4/c10-9(11)3-5(4-14)17-7(9)13-2-1-6(15)12-8(13)16/h5-7,14-15H,1-4H2,(H,12,16)/t5-,6?,7?/m0/s1. The minimum absolute atomic E-state index is 0.00853. The van der Waals surface area contributed by atoms with E-state index in [0.717, 1.165) is 4.90 Å². The number of alkyl halides is 2. The number of aliphatic hydroxyl groups excluding tert-OH is 2. The number of nitrogens with one attached hydrogen (secondary N) is 1. The number of urea groups is 1. The molecule has 98 valence electrons. The van der Waals surface area contributed by atoms with Crippen molar-refractivity contribution in [3.05, 3.63) is 0 Å². The zero-order valence-electron chi connectivity index (χ0n) is 8.97. The Balaban J connectivity index is 2.09. The largest absolute Gasteiger partial charge is 0.394 e. The van der Waals surface area contributed by atoms with Crippen molar-refractivity contribution in [2.75, 3.05) is 13.2 Å². The average Bonchev–Trinajstić information content (AvgIpc) is 2.54. The topological polar surface area (TPSA) is 82.0 Å². The molecule has 6 nitrogen and oxygen atoms in total. The Bertz CT molecular complexity index is 315. The molecule has 3 N–H and O–H groups in total. The number of carbonyl (C=O) groups excluding carboxylic acids is 1. The summed E-state index contributed by atoms with van der Waals surface area (Å²) in [5, 5.41) is 20.1. The van der Waals surface area contributed by atoms with Gasteiger partial charge in [-0.3, -0.25) is 4.90 Å². The number of ether oxygens (including phenoxy) is 1. The number of carbonyl (C=O) groups is 1. The van der Waals surface area contributed by atoms with Crippen LogP contribution in [-0.4, -0.2) is 58.8 Å².